The highest BCUT2D eigenvalue weighted by molar-refractivity contribution is 7.90. The molecule has 2 rings (SSSR count). The summed E-state index contributed by atoms with van der Waals surface area (Å²) < 4.78 is 28.2. The van der Waals surface area contributed by atoms with Crippen molar-refractivity contribution in [3.05, 3.63) is 56.2 Å². The average molecular weight is 462 g/mol. The van der Waals surface area contributed by atoms with Crippen molar-refractivity contribution >= 4 is 56.4 Å². The van der Waals surface area contributed by atoms with Gasteiger partial charge in [-0.2, -0.15) is 0 Å². The topological polar surface area (TPSA) is 146 Å². The summed E-state index contributed by atoms with van der Waals surface area (Å²) in [5.74, 6) is -1.83. The van der Waals surface area contributed by atoms with Gasteiger partial charge in [-0.1, -0.05) is 23.2 Å². The standard InChI is InChI=1S/C16H13Cl2N3O7S/c1-8(15(22)20-14-11(18)6-10(17)7-19-14)28-16(23)9-3-4-13(29(2,26)27)12(5-9)21(24)25/h3-8H,1-2H3,(H,19,20,22)/t8-/m0/s1. The summed E-state index contributed by atoms with van der Waals surface area (Å²) in [6.45, 7) is 1.26. The number of hydrogen-bond acceptors (Lipinski definition) is 8. The van der Waals surface area contributed by atoms with Gasteiger partial charge in [0.15, 0.2) is 21.8 Å². The van der Waals surface area contributed by atoms with Gasteiger partial charge in [0, 0.05) is 18.5 Å². The van der Waals surface area contributed by atoms with Gasteiger partial charge in [-0.05, 0) is 25.1 Å². The second kappa shape index (κ2) is 8.72. The summed E-state index contributed by atoms with van der Waals surface area (Å²) in [5, 5.41) is 13.8. The number of pyridine rings is 1. The molecule has 1 atom stereocenters. The zero-order chi connectivity index (χ0) is 21.9. The van der Waals surface area contributed by atoms with Crippen molar-refractivity contribution < 1.29 is 27.7 Å². The summed E-state index contributed by atoms with van der Waals surface area (Å²) in [5.41, 5.74) is -1.08. The summed E-state index contributed by atoms with van der Waals surface area (Å²) in [6, 6.07) is 4.09. The van der Waals surface area contributed by atoms with Crippen LogP contribution in [0.25, 0.3) is 0 Å². The molecule has 29 heavy (non-hydrogen) atoms. The van der Waals surface area contributed by atoms with E-state index in [4.69, 9.17) is 27.9 Å². The lowest BCUT2D eigenvalue weighted by Gasteiger charge is -2.14. The number of hydrogen-bond donors (Lipinski definition) is 1. The zero-order valence-corrected chi connectivity index (χ0v) is 17.2. The van der Waals surface area contributed by atoms with E-state index in [2.05, 4.69) is 10.3 Å². The number of amides is 1. The smallest absolute Gasteiger partial charge is 0.339 e. The van der Waals surface area contributed by atoms with E-state index in [1.165, 1.54) is 19.2 Å². The van der Waals surface area contributed by atoms with Gasteiger partial charge < -0.3 is 10.1 Å². The number of nitrogens with zero attached hydrogens (tertiary/aromatic N) is 2. The number of ether oxygens (including phenoxy) is 1. The minimum Gasteiger partial charge on any atom is -0.449 e. The molecular formula is C16H13Cl2N3O7S. The molecule has 1 aromatic heterocycles. The van der Waals surface area contributed by atoms with Crippen LogP contribution in [-0.4, -0.2) is 42.6 Å². The quantitative estimate of drug-likeness (QED) is 0.392. The van der Waals surface area contributed by atoms with Crippen molar-refractivity contribution in [2.24, 2.45) is 0 Å². The van der Waals surface area contributed by atoms with E-state index < -0.39 is 43.3 Å². The van der Waals surface area contributed by atoms with Crippen LogP contribution in [0.2, 0.25) is 10.0 Å². The molecule has 0 radical (unpaired) electrons. The Hall–Kier alpha value is -2.76. The number of anilines is 1. The fourth-order valence-electron chi connectivity index (χ4n) is 2.11. The average Bonchev–Trinajstić information content (AvgIpc) is 2.62. The molecule has 10 nitrogen and oxygen atoms in total. The van der Waals surface area contributed by atoms with Crippen molar-refractivity contribution in [2.75, 3.05) is 11.6 Å². The largest absolute Gasteiger partial charge is 0.449 e. The van der Waals surface area contributed by atoms with Crippen LogP contribution in [0.15, 0.2) is 35.4 Å². The summed E-state index contributed by atoms with van der Waals surface area (Å²) in [4.78, 5) is 37.9. The maximum atomic E-state index is 12.2. The first-order valence-corrected chi connectivity index (χ1v) is 10.4. The Kier molecular flexibility index (Phi) is 6.77. The molecule has 0 aliphatic rings. The molecule has 1 aromatic carbocycles. The molecular weight excluding hydrogens is 449 g/mol. The van der Waals surface area contributed by atoms with E-state index in [1.54, 1.807) is 0 Å². The minimum absolute atomic E-state index is 0.00268. The summed E-state index contributed by atoms with van der Waals surface area (Å²) in [7, 11) is -3.89. The van der Waals surface area contributed by atoms with Crippen molar-refractivity contribution in [3.8, 4) is 0 Å². The van der Waals surface area contributed by atoms with Crippen LogP contribution in [0.4, 0.5) is 11.5 Å². The molecule has 0 fully saturated rings. The predicted octanol–water partition coefficient (Wildman–Crippen LogP) is 2.88. The Labute approximate surface area is 174 Å². The van der Waals surface area contributed by atoms with E-state index in [1.807, 2.05) is 0 Å². The Morgan fingerprint density at radius 3 is 2.48 bits per heavy atom. The van der Waals surface area contributed by atoms with Crippen molar-refractivity contribution in [1.82, 2.24) is 4.98 Å². The fraction of sp³-hybridized carbons (Fsp3) is 0.188. The first-order chi connectivity index (χ1) is 13.4. The molecule has 0 saturated heterocycles. The second-order valence-electron chi connectivity index (χ2n) is 5.73. The van der Waals surface area contributed by atoms with Crippen LogP contribution in [0, 0.1) is 10.1 Å². The van der Waals surface area contributed by atoms with Gasteiger partial charge in [-0.15, -0.1) is 0 Å². The molecule has 154 valence electrons. The van der Waals surface area contributed by atoms with E-state index in [-0.39, 0.29) is 21.4 Å². The molecule has 1 N–H and O–H groups in total. The summed E-state index contributed by atoms with van der Waals surface area (Å²) >= 11 is 11.6. The number of benzene rings is 1. The number of halogens is 2. The Morgan fingerprint density at radius 2 is 1.93 bits per heavy atom. The van der Waals surface area contributed by atoms with Gasteiger partial charge in [0.05, 0.1) is 20.5 Å². The Bertz CT molecular complexity index is 1110. The minimum atomic E-state index is -3.89. The molecule has 1 amide bonds. The first kappa shape index (κ1) is 22.5. The number of carbonyl (C=O) groups is 2. The molecule has 0 aliphatic carbocycles. The SMILES string of the molecule is C[C@H](OC(=O)c1ccc(S(C)(=O)=O)c([N+](=O)[O-])c1)C(=O)Nc1ncc(Cl)cc1Cl. The highest BCUT2D eigenvalue weighted by atomic mass is 35.5. The van der Waals surface area contributed by atoms with E-state index >= 15 is 0 Å². The van der Waals surface area contributed by atoms with Crippen LogP contribution in [0.1, 0.15) is 17.3 Å². The fourth-order valence-corrected chi connectivity index (χ4v) is 3.36. The molecule has 13 heteroatoms. The van der Waals surface area contributed by atoms with Gasteiger partial charge >= 0.3 is 5.97 Å². The predicted molar refractivity (Wildman–Crippen MR) is 104 cm³/mol. The maximum absolute atomic E-state index is 12.2. The second-order valence-corrected chi connectivity index (χ2v) is 8.56. The zero-order valence-electron chi connectivity index (χ0n) is 14.9. The summed E-state index contributed by atoms with van der Waals surface area (Å²) in [6.07, 6.45) is 0.738. The number of nitrogens with one attached hydrogen (secondary N) is 1. The van der Waals surface area contributed by atoms with Crippen molar-refractivity contribution in [3.63, 3.8) is 0 Å². The van der Waals surface area contributed by atoms with Crippen LogP contribution in [0.3, 0.4) is 0 Å². The number of nitro groups is 1. The van der Waals surface area contributed by atoms with Crippen LogP contribution >= 0.6 is 23.2 Å². The number of carbonyl (C=O) groups excluding carboxylic acids is 2. The van der Waals surface area contributed by atoms with Crippen molar-refractivity contribution in [2.45, 2.75) is 17.9 Å². The molecule has 2 aromatic rings. The maximum Gasteiger partial charge on any atom is 0.339 e. The molecule has 1 heterocycles. The van der Waals surface area contributed by atoms with Crippen LogP contribution in [0.5, 0.6) is 0 Å². The number of sulfone groups is 1. The Balaban J connectivity index is 2.17. The van der Waals surface area contributed by atoms with Gasteiger partial charge in [-0.25, -0.2) is 18.2 Å². The third kappa shape index (κ3) is 5.62. The number of nitro benzene ring substituents is 1. The normalized spacial score (nSPS) is 12.1. The van der Waals surface area contributed by atoms with Gasteiger partial charge in [-0.3, -0.25) is 14.9 Å². The van der Waals surface area contributed by atoms with E-state index in [9.17, 15) is 28.1 Å². The third-order valence-electron chi connectivity index (χ3n) is 3.49. The molecule has 0 bridgehead atoms. The lowest BCUT2D eigenvalue weighted by Crippen LogP contribution is -2.30. The highest BCUT2D eigenvalue weighted by Crippen LogP contribution is 2.26. The molecule has 0 aliphatic heterocycles. The third-order valence-corrected chi connectivity index (χ3v) is 5.13. The van der Waals surface area contributed by atoms with Crippen LogP contribution < -0.4 is 5.32 Å². The van der Waals surface area contributed by atoms with Crippen LogP contribution in [-0.2, 0) is 19.4 Å². The first-order valence-electron chi connectivity index (χ1n) is 7.71. The van der Waals surface area contributed by atoms with Crippen molar-refractivity contribution in [1.29, 1.82) is 0 Å². The monoisotopic (exact) mass is 461 g/mol. The molecule has 0 saturated carbocycles. The number of aromatic nitrogens is 1. The molecule has 0 unspecified atom stereocenters. The number of rotatable bonds is 6. The Morgan fingerprint density at radius 1 is 1.28 bits per heavy atom. The van der Waals surface area contributed by atoms with E-state index in [0.29, 0.717) is 0 Å². The highest BCUT2D eigenvalue weighted by Gasteiger charge is 2.26. The lowest BCUT2D eigenvalue weighted by molar-refractivity contribution is -0.387. The lowest BCUT2D eigenvalue weighted by atomic mass is 10.2. The number of esters is 1. The molecule has 0 spiro atoms. The van der Waals surface area contributed by atoms with E-state index in [0.717, 1.165) is 24.5 Å². The van der Waals surface area contributed by atoms with Gasteiger partial charge in [0.2, 0.25) is 0 Å². The van der Waals surface area contributed by atoms with Gasteiger partial charge in [0.1, 0.15) is 4.90 Å². The van der Waals surface area contributed by atoms with Gasteiger partial charge in [0.25, 0.3) is 11.6 Å².